The Labute approximate surface area is 214 Å². The van der Waals surface area contributed by atoms with Gasteiger partial charge in [-0.25, -0.2) is 4.98 Å². The van der Waals surface area contributed by atoms with Crippen molar-refractivity contribution in [1.82, 2.24) is 24.6 Å². The van der Waals surface area contributed by atoms with Crippen molar-refractivity contribution in [3.8, 4) is 5.88 Å². The van der Waals surface area contributed by atoms with Crippen molar-refractivity contribution in [3.05, 3.63) is 6.33 Å². The highest BCUT2D eigenvalue weighted by molar-refractivity contribution is 7.36. The average Bonchev–Trinajstić information content (AvgIpc) is 3.04. The molecule has 4 rings (SSSR count). The van der Waals surface area contributed by atoms with E-state index in [1.54, 1.807) is 25.3 Å². The Hall–Kier alpha value is -2.48. The van der Waals surface area contributed by atoms with E-state index < -0.39 is 49.6 Å². The number of imidazole rings is 1. The number of esters is 1. The first-order valence-corrected chi connectivity index (χ1v) is 13.2. The molecule has 2 fully saturated rings. The van der Waals surface area contributed by atoms with Crippen molar-refractivity contribution in [2.24, 2.45) is 5.92 Å². The molecular formula is C22H34N6O8P+. The Bertz CT molecular complexity index is 1190. The Morgan fingerprint density at radius 1 is 1.35 bits per heavy atom. The first-order chi connectivity index (χ1) is 17.3. The number of nitrogens with one attached hydrogen (secondary N) is 1. The molecule has 1 aliphatic carbocycles. The lowest BCUT2D eigenvalue weighted by Gasteiger charge is -2.22. The van der Waals surface area contributed by atoms with Gasteiger partial charge in [-0.3, -0.25) is 4.79 Å². The topological polar surface area (TPSA) is 193 Å². The summed E-state index contributed by atoms with van der Waals surface area (Å²) in [6, 6.07) is -1.55. The number of hydrogen-bond acceptors (Lipinski definition) is 12. The second kappa shape index (κ2) is 10.0. The van der Waals surface area contributed by atoms with Gasteiger partial charge in [0, 0.05) is 0 Å². The molecule has 5 N–H and O–H groups in total. The number of nitrogens with zero attached hydrogens (tertiary/aromatic N) is 4. The van der Waals surface area contributed by atoms with Crippen molar-refractivity contribution in [2.45, 2.75) is 82.6 Å². The summed E-state index contributed by atoms with van der Waals surface area (Å²) < 4.78 is 36.0. The van der Waals surface area contributed by atoms with E-state index in [1.165, 1.54) is 13.4 Å². The molecule has 0 bridgehead atoms. The lowest BCUT2D eigenvalue weighted by atomic mass is 10.0. The van der Waals surface area contributed by atoms with E-state index in [-0.39, 0.29) is 30.5 Å². The number of aliphatic hydroxyl groups excluding tert-OH is 1. The summed E-state index contributed by atoms with van der Waals surface area (Å²) in [6.07, 6.45) is -0.817. The number of nitrogen functional groups attached to an aromatic ring is 1. The highest BCUT2D eigenvalue weighted by Crippen LogP contribution is 2.67. The number of hydrogen-bond donors (Lipinski definition) is 4. The standard InChI is InChI=1S/C22H34N6O8P/c1-10(2)7-12(18(30)35-11(3)4)27-37(32)34-8-13-15(29)22(31)19(21(22,5)36-13)28-9-24-14-16(28)25-20(23)26-17(14)33-6/h9-13,15,19,29,31H,7-8H2,1-6H3,(H,27,32)(H2,23,25,26)/q+1. The summed E-state index contributed by atoms with van der Waals surface area (Å²) >= 11 is 0. The number of aromatic nitrogens is 4. The van der Waals surface area contributed by atoms with Crippen LogP contribution in [0.1, 0.15) is 47.1 Å². The third-order valence-corrected chi connectivity index (χ3v) is 7.59. The largest absolute Gasteiger partial charge is 0.613 e. The molecule has 2 aliphatic rings. The van der Waals surface area contributed by atoms with Crippen LogP contribution < -0.4 is 15.6 Å². The van der Waals surface area contributed by atoms with Gasteiger partial charge in [-0.1, -0.05) is 18.9 Å². The summed E-state index contributed by atoms with van der Waals surface area (Å²) in [7, 11) is -1.06. The Morgan fingerprint density at radius 2 is 2.05 bits per heavy atom. The maximum Gasteiger partial charge on any atom is 0.613 e. The fourth-order valence-electron chi connectivity index (χ4n) is 4.99. The summed E-state index contributed by atoms with van der Waals surface area (Å²) in [5.74, 6) is -0.238. The Morgan fingerprint density at radius 3 is 2.62 bits per heavy atom. The quantitative estimate of drug-likeness (QED) is 0.231. The lowest BCUT2D eigenvalue weighted by Crippen LogP contribution is -2.40. The molecule has 7 atom stereocenters. The van der Waals surface area contributed by atoms with Crippen molar-refractivity contribution >= 4 is 31.3 Å². The van der Waals surface area contributed by atoms with E-state index in [0.717, 1.165) is 0 Å². The normalized spacial score (nSPS) is 30.0. The molecule has 1 aliphatic heterocycles. The summed E-state index contributed by atoms with van der Waals surface area (Å²) in [4.78, 5) is 24.8. The van der Waals surface area contributed by atoms with Crippen LogP contribution in [-0.4, -0.2) is 85.0 Å². The number of anilines is 1. The first kappa shape index (κ1) is 27.6. The van der Waals surface area contributed by atoms with Gasteiger partial charge >= 0.3 is 14.1 Å². The fraction of sp³-hybridized carbons (Fsp3) is 0.727. The molecule has 1 saturated carbocycles. The minimum absolute atomic E-state index is 0.0360. The number of carbonyl (C=O) groups excluding carboxylic acids is 1. The summed E-state index contributed by atoms with van der Waals surface area (Å²) in [6.45, 7) is 8.68. The highest BCUT2D eigenvalue weighted by Gasteiger charge is 2.85. The number of fused-ring (bicyclic) bond motifs is 2. The van der Waals surface area contributed by atoms with E-state index in [0.29, 0.717) is 17.6 Å². The fourth-order valence-corrected chi connectivity index (χ4v) is 5.81. The molecule has 2 aromatic heterocycles. The van der Waals surface area contributed by atoms with Crippen LogP contribution in [0.15, 0.2) is 6.33 Å². The van der Waals surface area contributed by atoms with Gasteiger partial charge in [0.25, 0.3) is 0 Å². The highest BCUT2D eigenvalue weighted by atomic mass is 31.1. The first-order valence-electron chi connectivity index (χ1n) is 12.0. The van der Waals surface area contributed by atoms with Crippen LogP contribution in [-0.2, 0) is 23.4 Å². The molecule has 2 aromatic rings. The van der Waals surface area contributed by atoms with Crippen molar-refractivity contribution in [3.63, 3.8) is 0 Å². The SMILES string of the molecule is COc1nc(N)nc2c1ncn2C1C2(C)OC(CO[P+](=O)NC(CC(C)C)C(=O)OC(C)C)C(O)C12O. The zero-order valence-corrected chi connectivity index (χ0v) is 22.5. The number of nitrogens with two attached hydrogens (primary N) is 1. The molecule has 3 heterocycles. The van der Waals surface area contributed by atoms with Gasteiger partial charge < -0.3 is 34.7 Å². The maximum absolute atomic E-state index is 12.6. The number of aliphatic hydroxyl groups is 2. The molecule has 204 valence electrons. The summed E-state index contributed by atoms with van der Waals surface area (Å²) in [5, 5.41) is 25.0. The van der Waals surface area contributed by atoms with Crippen LogP contribution in [0.3, 0.4) is 0 Å². The van der Waals surface area contributed by atoms with Crippen molar-refractivity contribution < 1.29 is 38.3 Å². The summed E-state index contributed by atoms with van der Waals surface area (Å²) in [5.41, 5.74) is 3.55. The van der Waals surface area contributed by atoms with Gasteiger partial charge in [0.2, 0.25) is 11.8 Å². The van der Waals surface area contributed by atoms with Gasteiger partial charge in [0.05, 0.1) is 19.5 Å². The molecular weight excluding hydrogens is 507 g/mol. The molecule has 0 spiro atoms. The minimum Gasteiger partial charge on any atom is -0.479 e. The molecule has 0 amide bonds. The molecule has 0 aromatic carbocycles. The Balaban J connectivity index is 1.42. The van der Waals surface area contributed by atoms with Crippen molar-refractivity contribution in [2.75, 3.05) is 19.5 Å². The van der Waals surface area contributed by atoms with Crippen LogP contribution in [0.2, 0.25) is 0 Å². The van der Waals surface area contributed by atoms with Crippen LogP contribution in [0.5, 0.6) is 5.88 Å². The molecule has 37 heavy (non-hydrogen) atoms. The van der Waals surface area contributed by atoms with Gasteiger partial charge in [-0.15, -0.1) is 4.52 Å². The third kappa shape index (κ3) is 4.77. The van der Waals surface area contributed by atoms with E-state index in [9.17, 15) is 19.6 Å². The lowest BCUT2D eigenvalue weighted by molar-refractivity contribution is -0.149. The zero-order valence-electron chi connectivity index (χ0n) is 21.6. The number of carbonyl (C=O) groups is 1. The monoisotopic (exact) mass is 541 g/mol. The number of methoxy groups -OCH3 is 1. The molecule has 7 unspecified atom stereocenters. The van der Waals surface area contributed by atoms with E-state index >= 15 is 0 Å². The van der Waals surface area contributed by atoms with E-state index in [4.69, 9.17) is 24.5 Å². The van der Waals surface area contributed by atoms with E-state index in [2.05, 4.69) is 20.0 Å². The molecule has 0 radical (unpaired) electrons. The Kier molecular flexibility index (Phi) is 7.45. The average molecular weight is 542 g/mol. The third-order valence-electron chi connectivity index (χ3n) is 6.69. The smallest absolute Gasteiger partial charge is 0.479 e. The van der Waals surface area contributed by atoms with Gasteiger partial charge in [-0.2, -0.15) is 9.97 Å². The van der Waals surface area contributed by atoms with Gasteiger partial charge in [0.1, 0.15) is 36.1 Å². The van der Waals surface area contributed by atoms with Crippen LogP contribution in [0.25, 0.3) is 11.2 Å². The van der Waals surface area contributed by atoms with Crippen LogP contribution in [0.4, 0.5) is 5.95 Å². The predicted octanol–water partition coefficient (Wildman–Crippen LogP) is 0.851. The van der Waals surface area contributed by atoms with E-state index in [1.807, 2.05) is 13.8 Å². The van der Waals surface area contributed by atoms with Crippen LogP contribution in [0, 0.1) is 5.92 Å². The molecule has 1 saturated heterocycles. The second-order valence-electron chi connectivity index (χ2n) is 10.2. The second-order valence-corrected chi connectivity index (χ2v) is 11.2. The maximum atomic E-state index is 12.6. The molecule has 15 heteroatoms. The predicted molar refractivity (Wildman–Crippen MR) is 131 cm³/mol. The van der Waals surface area contributed by atoms with Crippen LogP contribution >= 0.6 is 8.18 Å². The number of rotatable bonds is 11. The minimum atomic E-state index is -2.49. The number of ether oxygens (including phenoxy) is 3. The van der Waals surface area contributed by atoms with Crippen molar-refractivity contribution in [1.29, 1.82) is 0 Å². The van der Waals surface area contributed by atoms with Gasteiger partial charge in [0.15, 0.2) is 17.2 Å². The van der Waals surface area contributed by atoms with Gasteiger partial charge in [-0.05, 0) is 37.7 Å². The zero-order chi connectivity index (χ0) is 27.3. The molecule has 14 nitrogen and oxygen atoms in total.